The second-order valence-corrected chi connectivity index (χ2v) is 9.62. The summed E-state index contributed by atoms with van der Waals surface area (Å²) < 4.78 is 21.0. The lowest BCUT2D eigenvalue weighted by molar-refractivity contribution is -0.142. The van der Waals surface area contributed by atoms with E-state index in [0.717, 1.165) is 18.4 Å². The van der Waals surface area contributed by atoms with Gasteiger partial charge in [-0.25, -0.2) is 4.39 Å². The SMILES string of the molecule is CCCCNC(=O)C(Cc1ccccc1)N(Cc1ccccc1F)C(=O)COc1ccc(Cl)cc1Br. The first kappa shape index (κ1) is 27.7. The Hall–Kier alpha value is -2.90. The highest BCUT2D eigenvalue weighted by Crippen LogP contribution is 2.28. The summed E-state index contributed by atoms with van der Waals surface area (Å²) in [6.45, 7) is 2.13. The Kier molecular flexibility index (Phi) is 10.8. The Morgan fingerprint density at radius 2 is 1.81 bits per heavy atom. The van der Waals surface area contributed by atoms with E-state index < -0.39 is 17.8 Å². The maximum Gasteiger partial charge on any atom is 0.261 e. The molecule has 3 aromatic carbocycles. The third-order valence-electron chi connectivity index (χ3n) is 5.64. The molecule has 5 nitrogen and oxygen atoms in total. The first-order valence-corrected chi connectivity index (χ1v) is 13.0. The summed E-state index contributed by atoms with van der Waals surface area (Å²) in [7, 11) is 0. The smallest absolute Gasteiger partial charge is 0.261 e. The van der Waals surface area contributed by atoms with Crippen molar-refractivity contribution in [1.82, 2.24) is 10.2 Å². The average molecular weight is 576 g/mol. The number of unbranched alkanes of at least 4 members (excludes halogenated alkanes) is 1. The molecule has 0 radical (unpaired) electrons. The van der Waals surface area contributed by atoms with E-state index in [-0.39, 0.29) is 25.5 Å². The van der Waals surface area contributed by atoms with Crippen LogP contribution in [0.25, 0.3) is 0 Å². The molecule has 0 aromatic heterocycles. The predicted octanol–water partition coefficient (Wildman–Crippen LogP) is 6.18. The van der Waals surface area contributed by atoms with Gasteiger partial charge in [-0.15, -0.1) is 0 Å². The number of ether oxygens (including phenoxy) is 1. The van der Waals surface area contributed by atoms with Crippen molar-refractivity contribution in [2.45, 2.75) is 38.8 Å². The third kappa shape index (κ3) is 8.07. The van der Waals surface area contributed by atoms with Gasteiger partial charge in [-0.2, -0.15) is 0 Å². The van der Waals surface area contributed by atoms with Gasteiger partial charge in [0.05, 0.1) is 4.47 Å². The lowest BCUT2D eigenvalue weighted by Gasteiger charge is -2.31. The predicted molar refractivity (Wildman–Crippen MR) is 143 cm³/mol. The Labute approximate surface area is 224 Å². The van der Waals surface area contributed by atoms with Crippen LogP contribution in [0.15, 0.2) is 77.3 Å². The van der Waals surface area contributed by atoms with Crippen molar-refractivity contribution in [3.8, 4) is 5.75 Å². The van der Waals surface area contributed by atoms with Gasteiger partial charge in [0.1, 0.15) is 17.6 Å². The van der Waals surface area contributed by atoms with E-state index in [0.29, 0.717) is 27.4 Å². The molecular formula is C28H29BrClFN2O3. The zero-order valence-corrected chi connectivity index (χ0v) is 22.4. The highest BCUT2D eigenvalue weighted by Gasteiger charge is 2.31. The summed E-state index contributed by atoms with van der Waals surface area (Å²) in [5.41, 5.74) is 1.21. The summed E-state index contributed by atoms with van der Waals surface area (Å²) >= 11 is 9.38. The van der Waals surface area contributed by atoms with Crippen LogP contribution in [0.2, 0.25) is 5.02 Å². The maximum absolute atomic E-state index is 14.6. The third-order valence-corrected chi connectivity index (χ3v) is 6.50. The van der Waals surface area contributed by atoms with E-state index in [1.165, 1.54) is 11.0 Å². The largest absolute Gasteiger partial charge is 0.483 e. The highest BCUT2D eigenvalue weighted by atomic mass is 79.9. The molecule has 36 heavy (non-hydrogen) atoms. The van der Waals surface area contributed by atoms with Crippen LogP contribution in [0, 0.1) is 5.82 Å². The molecule has 0 fully saturated rings. The van der Waals surface area contributed by atoms with Gasteiger partial charge in [-0.05, 0) is 52.2 Å². The fraction of sp³-hybridized carbons (Fsp3) is 0.286. The number of nitrogens with zero attached hydrogens (tertiary/aromatic N) is 1. The Morgan fingerprint density at radius 1 is 1.08 bits per heavy atom. The van der Waals surface area contributed by atoms with E-state index in [2.05, 4.69) is 21.2 Å². The van der Waals surface area contributed by atoms with Crippen LogP contribution in [0.5, 0.6) is 5.75 Å². The zero-order valence-electron chi connectivity index (χ0n) is 20.1. The number of benzene rings is 3. The van der Waals surface area contributed by atoms with Crippen LogP contribution in [-0.2, 0) is 22.6 Å². The fourth-order valence-corrected chi connectivity index (χ4v) is 4.48. The van der Waals surface area contributed by atoms with Crippen LogP contribution < -0.4 is 10.1 Å². The maximum atomic E-state index is 14.6. The van der Waals surface area contributed by atoms with Crippen LogP contribution >= 0.6 is 27.5 Å². The minimum atomic E-state index is -0.853. The summed E-state index contributed by atoms with van der Waals surface area (Å²) in [6, 6.07) is 19.8. The minimum absolute atomic E-state index is 0.0741. The first-order chi connectivity index (χ1) is 17.4. The van der Waals surface area contributed by atoms with Crippen LogP contribution in [-0.4, -0.2) is 35.9 Å². The number of nitrogens with one attached hydrogen (secondary N) is 1. The quantitative estimate of drug-likeness (QED) is 0.263. The average Bonchev–Trinajstić information content (AvgIpc) is 2.87. The molecule has 1 N–H and O–H groups in total. The normalized spacial score (nSPS) is 11.6. The standard InChI is InChI=1S/C28H29BrClFN2O3/c1-2-3-15-32-28(35)25(16-20-9-5-4-6-10-20)33(18-21-11-7-8-12-24(21)31)27(34)19-36-26-14-13-22(30)17-23(26)29/h4-14,17,25H,2-3,15-16,18-19H2,1H3,(H,32,35). The topological polar surface area (TPSA) is 58.6 Å². The molecule has 2 amide bonds. The molecule has 0 aliphatic rings. The van der Waals surface area contributed by atoms with Gasteiger partial charge in [-0.1, -0.05) is 73.5 Å². The summed E-state index contributed by atoms with van der Waals surface area (Å²) in [5, 5.41) is 3.46. The fourth-order valence-electron chi connectivity index (χ4n) is 3.68. The monoisotopic (exact) mass is 574 g/mol. The first-order valence-electron chi connectivity index (χ1n) is 11.8. The Bertz CT molecular complexity index is 1160. The van der Waals surface area contributed by atoms with E-state index in [1.54, 1.807) is 36.4 Å². The van der Waals surface area contributed by atoms with Crippen molar-refractivity contribution >= 4 is 39.3 Å². The van der Waals surface area contributed by atoms with Gasteiger partial charge in [0.2, 0.25) is 5.91 Å². The van der Waals surface area contributed by atoms with Gasteiger partial charge >= 0.3 is 0 Å². The lowest BCUT2D eigenvalue weighted by atomic mass is 10.0. The molecule has 0 heterocycles. The van der Waals surface area contributed by atoms with Gasteiger partial charge in [0, 0.05) is 30.1 Å². The van der Waals surface area contributed by atoms with Gasteiger partial charge in [0.15, 0.2) is 6.61 Å². The number of rotatable bonds is 12. The van der Waals surface area contributed by atoms with E-state index in [4.69, 9.17) is 16.3 Å². The van der Waals surface area contributed by atoms with Gasteiger partial charge in [-0.3, -0.25) is 9.59 Å². The van der Waals surface area contributed by atoms with Crippen molar-refractivity contribution in [1.29, 1.82) is 0 Å². The van der Waals surface area contributed by atoms with Crippen molar-refractivity contribution in [2.75, 3.05) is 13.2 Å². The summed E-state index contributed by atoms with van der Waals surface area (Å²) in [5.74, 6) is -0.733. The number of carbonyl (C=O) groups excluding carboxylic acids is 2. The van der Waals surface area contributed by atoms with Crippen molar-refractivity contribution in [3.63, 3.8) is 0 Å². The molecule has 8 heteroatoms. The molecule has 0 spiro atoms. The second-order valence-electron chi connectivity index (χ2n) is 8.33. The molecule has 190 valence electrons. The van der Waals surface area contributed by atoms with Crippen LogP contribution in [0.1, 0.15) is 30.9 Å². The second kappa shape index (κ2) is 14.0. The molecule has 0 bridgehead atoms. The molecule has 0 aliphatic carbocycles. The summed E-state index contributed by atoms with van der Waals surface area (Å²) in [4.78, 5) is 28.3. The van der Waals surface area contributed by atoms with Gasteiger partial charge in [0.25, 0.3) is 5.91 Å². The highest BCUT2D eigenvalue weighted by molar-refractivity contribution is 9.10. The number of hydrogen-bond acceptors (Lipinski definition) is 3. The molecule has 0 aliphatic heterocycles. The molecule has 0 saturated heterocycles. The molecule has 3 aromatic rings. The Balaban J connectivity index is 1.90. The van der Waals surface area contributed by atoms with Crippen LogP contribution in [0.4, 0.5) is 4.39 Å². The van der Waals surface area contributed by atoms with Crippen LogP contribution in [0.3, 0.4) is 0 Å². The minimum Gasteiger partial charge on any atom is -0.483 e. The number of amides is 2. The number of carbonyl (C=O) groups is 2. The van der Waals surface area contributed by atoms with E-state index in [9.17, 15) is 14.0 Å². The molecule has 0 saturated carbocycles. The van der Waals surface area contributed by atoms with Crippen molar-refractivity contribution in [3.05, 3.63) is 99.2 Å². The van der Waals surface area contributed by atoms with Crippen molar-refractivity contribution in [2.24, 2.45) is 0 Å². The number of hydrogen-bond donors (Lipinski definition) is 1. The molecule has 1 unspecified atom stereocenters. The number of halogens is 3. The molecule has 1 atom stereocenters. The molecular weight excluding hydrogens is 547 g/mol. The molecule has 3 rings (SSSR count). The van der Waals surface area contributed by atoms with Crippen molar-refractivity contribution < 1.29 is 18.7 Å². The Morgan fingerprint density at radius 3 is 2.50 bits per heavy atom. The van der Waals surface area contributed by atoms with Gasteiger partial charge < -0.3 is 15.0 Å². The lowest BCUT2D eigenvalue weighted by Crippen LogP contribution is -2.52. The zero-order chi connectivity index (χ0) is 25.9. The van der Waals surface area contributed by atoms with E-state index >= 15 is 0 Å². The summed E-state index contributed by atoms with van der Waals surface area (Å²) in [6.07, 6.45) is 2.02. The van der Waals surface area contributed by atoms with E-state index in [1.807, 2.05) is 37.3 Å².